The summed E-state index contributed by atoms with van der Waals surface area (Å²) in [5.74, 6) is -1.22. The molecule has 0 aromatic heterocycles. The van der Waals surface area contributed by atoms with Crippen LogP contribution < -0.4 is 4.74 Å². The average molecular weight is 689 g/mol. The number of rotatable bonds is 8. The lowest BCUT2D eigenvalue weighted by atomic mass is 9.95. The van der Waals surface area contributed by atoms with Gasteiger partial charge in [-0.3, -0.25) is 19.5 Å². The van der Waals surface area contributed by atoms with Crippen molar-refractivity contribution in [2.24, 2.45) is 4.99 Å². The van der Waals surface area contributed by atoms with Crippen LogP contribution in [0, 0.1) is 0 Å². The van der Waals surface area contributed by atoms with E-state index in [9.17, 15) is 29.4 Å². The number of phenolic OH excluding ortho intramolecular Hbond substituents is 1. The molecule has 3 fully saturated rings. The number of carbonyl (C=O) groups is 4. The van der Waals surface area contributed by atoms with Crippen LogP contribution in [-0.2, 0) is 25.5 Å². The number of carbonyl (C=O) groups excluding carboxylic acids is 3. The Kier molecular flexibility index (Phi) is 9.47. The van der Waals surface area contributed by atoms with E-state index >= 15 is 0 Å². The van der Waals surface area contributed by atoms with Gasteiger partial charge in [-0.2, -0.15) is 0 Å². The second-order valence-corrected chi connectivity index (χ2v) is 14.8. The number of hydrogen-bond acceptors (Lipinski definition) is 9. The number of carboxylic acids is 1. The van der Waals surface area contributed by atoms with Crippen LogP contribution >= 0.6 is 11.8 Å². The summed E-state index contributed by atoms with van der Waals surface area (Å²) in [7, 11) is 1.58. The first-order valence-electron chi connectivity index (χ1n) is 16.2. The standard InChI is InChI=1S/C36H40N4O8S/c1-36(2,3)48-35(46)38-15-14-24(20-38)39-16-13-22(31(39)42)18-26-28(17-21-9-11-25(47-4)12-10-21)49-33-29(32(43)40(33)30(26)34(44)45)37-19-23-7-5-6-8-27(23)41/h5-12,18-19,24,28-29,33,41H,13-17,20H2,1-4H3,(H,44,45)/b22-18+,37-19?/t24-,28?,29-,33?/m1/s1. The number of β-lactam (4-membered cyclic amide) rings is 1. The molecular weight excluding hydrogens is 648 g/mol. The lowest BCUT2D eigenvalue weighted by Gasteiger charge is -2.49. The van der Waals surface area contributed by atoms with E-state index < -0.39 is 40.2 Å². The molecule has 49 heavy (non-hydrogen) atoms. The highest BCUT2D eigenvalue weighted by Crippen LogP contribution is 2.47. The highest BCUT2D eigenvalue weighted by atomic mass is 32.2. The summed E-state index contributed by atoms with van der Waals surface area (Å²) >= 11 is 1.43. The van der Waals surface area contributed by atoms with E-state index in [-0.39, 0.29) is 23.4 Å². The summed E-state index contributed by atoms with van der Waals surface area (Å²) in [6.45, 7) is 6.71. The Bertz CT molecular complexity index is 1750. The number of para-hydroxylation sites is 1. The van der Waals surface area contributed by atoms with E-state index in [1.54, 1.807) is 41.2 Å². The molecule has 0 aliphatic carbocycles. The van der Waals surface area contributed by atoms with Gasteiger partial charge >= 0.3 is 12.1 Å². The van der Waals surface area contributed by atoms with Crippen molar-refractivity contribution >= 4 is 41.9 Å². The number of aromatic hydroxyl groups is 1. The van der Waals surface area contributed by atoms with E-state index in [2.05, 4.69) is 4.99 Å². The summed E-state index contributed by atoms with van der Waals surface area (Å²) in [5.41, 5.74) is 1.46. The van der Waals surface area contributed by atoms with Gasteiger partial charge in [-0.1, -0.05) is 24.3 Å². The summed E-state index contributed by atoms with van der Waals surface area (Å²) in [6, 6.07) is 13.1. The smallest absolute Gasteiger partial charge is 0.410 e. The molecule has 0 spiro atoms. The predicted molar refractivity (Wildman–Crippen MR) is 183 cm³/mol. The Morgan fingerprint density at radius 2 is 1.82 bits per heavy atom. The second-order valence-electron chi connectivity index (χ2n) is 13.5. The molecule has 2 aromatic rings. The van der Waals surface area contributed by atoms with Gasteiger partial charge in [0.15, 0.2) is 6.04 Å². The van der Waals surface area contributed by atoms with Gasteiger partial charge in [-0.25, -0.2) is 9.59 Å². The average Bonchev–Trinajstić information content (AvgIpc) is 3.69. The fraction of sp³-hybridized carbons (Fsp3) is 0.417. The maximum absolute atomic E-state index is 13.8. The Labute approximate surface area is 289 Å². The fourth-order valence-electron chi connectivity index (χ4n) is 6.56. The molecular formula is C36H40N4O8S. The molecule has 12 nitrogen and oxygen atoms in total. The number of thioether (sulfide) groups is 1. The maximum atomic E-state index is 13.8. The van der Waals surface area contributed by atoms with Crippen LogP contribution in [0.25, 0.3) is 0 Å². The zero-order valence-electron chi connectivity index (χ0n) is 27.9. The van der Waals surface area contributed by atoms with Gasteiger partial charge in [-0.15, -0.1) is 11.8 Å². The number of ether oxygens (including phenoxy) is 2. The van der Waals surface area contributed by atoms with Crippen LogP contribution in [-0.4, -0.2) is 110 Å². The number of allylic oxidation sites excluding steroid dienone is 1. The van der Waals surface area contributed by atoms with Gasteiger partial charge in [0.05, 0.1) is 13.2 Å². The maximum Gasteiger partial charge on any atom is 0.410 e. The van der Waals surface area contributed by atoms with Crippen molar-refractivity contribution in [3.8, 4) is 11.5 Å². The van der Waals surface area contributed by atoms with Gasteiger partial charge < -0.3 is 29.5 Å². The topological polar surface area (TPSA) is 149 Å². The number of hydrogen-bond donors (Lipinski definition) is 2. The normalized spacial score (nSPS) is 24.9. The first-order chi connectivity index (χ1) is 23.3. The van der Waals surface area contributed by atoms with Gasteiger partial charge in [0.2, 0.25) is 5.91 Å². The number of fused-ring (bicyclic) bond motifs is 1. The summed E-state index contributed by atoms with van der Waals surface area (Å²) in [5, 5.41) is 19.7. The molecule has 2 unspecified atom stereocenters. The molecule has 4 aliphatic rings. The monoisotopic (exact) mass is 688 g/mol. The predicted octanol–water partition coefficient (Wildman–Crippen LogP) is 4.22. The van der Waals surface area contributed by atoms with E-state index in [0.717, 1.165) is 5.56 Å². The molecule has 3 amide bonds. The lowest BCUT2D eigenvalue weighted by molar-refractivity contribution is -0.147. The molecule has 13 heteroatoms. The van der Waals surface area contributed by atoms with Crippen LogP contribution in [0.5, 0.6) is 11.5 Å². The Morgan fingerprint density at radius 3 is 2.49 bits per heavy atom. The van der Waals surface area contributed by atoms with Crippen molar-refractivity contribution in [1.82, 2.24) is 14.7 Å². The van der Waals surface area contributed by atoms with E-state index in [1.165, 1.54) is 28.9 Å². The van der Waals surface area contributed by atoms with Crippen molar-refractivity contribution < 1.29 is 38.9 Å². The third kappa shape index (κ3) is 7.03. The summed E-state index contributed by atoms with van der Waals surface area (Å²) < 4.78 is 10.8. The summed E-state index contributed by atoms with van der Waals surface area (Å²) in [6.07, 6.45) is 4.15. The Morgan fingerprint density at radius 1 is 1.08 bits per heavy atom. The van der Waals surface area contributed by atoms with E-state index in [4.69, 9.17) is 9.47 Å². The van der Waals surface area contributed by atoms with Crippen molar-refractivity contribution in [1.29, 1.82) is 0 Å². The van der Waals surface area contributed by atoms with Crippen LogP contribution in [0.3, 0.4) is 0 Å². The molecule has 2 aromatic carbocycles. The summed E-state index contributed by atoms with van der Waals surface area (Å²) in [4.78, 5) is 62.0. The number of nitrogens with zero attached hydrogens (tertiary/aromatic N) is 4. The van der Waals surface area contributed by atoms with Crippen LogP contribution in [0.15, 0.2) is 76.4 Å². The fourth-order valence-corrected chi connectivity index (χ4v) is 8.18. The van der Waals surface area contributed by atoms with E-state index in [1.807, 2.05) is 45.0 Å². The molecule has 3 saturated heterocycles. The number of aliphatic carboxylic acids is 1. The van der Waals surface area contributed by atoms with Crippen LogP contribution in [0.1, 0.15) is 44.7 Å². The first-order valence-corrected chi connectivity index (χ1v) is 17.2. The number of carboxylic acid groups (broad SMARTS) is 1. The molecule has 2 N–H and O–H groups in total. The van der Waals surface area contributed by atoms with Gasteiger partial charge in [0, 0.05) is 42.2 Å². The molecule has 6 rings (SSSR count). The quantitative estimate of drug-likeness (QED) is 0.236. The molecule has 4 atom stereocenters. The number of phenols is 1. The van der Waals surface area contributed by atoms with Crippen molar-refractivity contribution in [2.45, 2.75) is 68.3 Å². The zero-order valence-corrected chi connectivity index (χ0v) is 28.7. The third-order valence-corrected chi connectivity index (χ3v) is 10.5. The van der Waals surface area contributed by atoms with E-state index in [0.29, 0.717) is 61.4 Å². The molecule has 0 saturated carbocycles. The van der Waals surface area contributed by atoms with Crippen LogP contribution in [0.4, 0.5) is 4.79 Å². The molecule has 0 bridgehead atoms. The van der Waals surface area contributed by atoms with Crippen LogP contribution in [0.2, 0.25) is 0 Å². The highest BCUT2D eigenvalue weighted by molar-refractivity contribution is 8.00. The number of aliphatic imine (C=N–C) groups is 1. The largest absolute Gasteiger partial charge is 0.507 e. The molecule has 0 radical (unpaired) electrons. The second kappa shape index (κ2) is 13.6. The third-order valence-electron chi connectivity index (χ3n) is 9.02. The minimum Gasteiger partial charge on any atom is -0.507 e. The Balaban J connectivity index is 1.29. The molecule has 4 heterocycles. The highest BCUT2D eigenvalue weighted by Gasteiger charge is 2.55. The van der Waals surface area contributed by atoms with Crippen molar-refractivity contribution in [3.05, 3.63) is 82.6 Å². The van der Waals surface area contributed by atoms with Gasteiger partial charge in [0.25, 0.3) is 5.91 Å². The number of methoxy groups -OCH3 is 1. The molecule has 258 valence electrons. The Hall–Kier alpha value is -4.78. The van der Waals surface area contributed by atoms with Crippen molar-refractivity contribution in [2.75, 3.05) is 26.7 Å². The number of amides is 3. The molecule has 4 aliphatic heterocycles. The SMILES string of the molecule is COc1ccc(CC2SC3[C@H](N=Cc4ccccc4O)C(=O)N3C(C(=O)O)=C2/C=C2\CCN([C@@H]3CCN(C(=O)OC(C)(C)C)C3)C2=O)cc1. The number of benzene rings is 2. The van der Waals surface area contributed by atoms with Gasteiger partial charge in [0.1, 0.15) is 28.2 Å². The van der Waals surface area contributed by atoms with Crippen molar-refractivity contribution in [3.63, 3.8) is 0 Å². The number of likely N-dealkylation sites (tertiary alicyclic amines) is 2. The minimum absolute atomic E-state index is 0.0222. The minimum atomic E-state index is -1.26. The zero-order chi connectivity index (χ0) is 35.0. The lowest BCUT2D eigenvalue weighted by Crippen LogP contribution is -2.65. The van der Waals surface area contributed by atoms with Gasteiger partial charge in [-0.05, 0) is 81.5 Å². The first kappa shape index (κ1) is 34.1.